The summed E-state index contributed by atoms with van der Waals surface area (Å²) in [5.74, 6) is -1.73. The van der Waals surface area contributed by atoms with E-state index in [9.17, 15) is 19.2 Å². The number of rotatable bonds is 5. The standard InChI is InChI=1S/C26H27BrN2O5/c1-14-7-8-19-20(11-14)25(32)29(24(19)31)18-6-4-5-17(12-18)26(33)34-13-23(30)28-22-10-9-21(27)15(2)16(22)3/h4-6,9-10,12,14,19-20H,7-8,11,13H2,1-3H3,(H,28,30)/t14-,19-,20+/m1/s1. The molecule has 1 N–H and O–H groups in total. The van der Waals surface area contributed by atoms with Crippen molar-refractivity contribution in [3.8, 4) is 0 Å². The number of carbonyl (C=O) groups excluding carboxylic acids is 4. The highest BCUT2D eigenvalue weighted by Crippen LogP contribution is 2.42. The number of nitrogens with one attached hydrogen (secondary N) is 1. The normalized spacial score (nSPS) is 21.9. The Labute approximate surface area is 207 Å². The Bertz CT molecular complexity index is 1180. The van der Waals surface area contributed by atoms with Gasteiger partial charge < -0.3 is 10.1 Å². The van der Waals surface area contributed by atoms with Crippen molar-refractivity contribution in [3.05, 3.63) is 57.6 Å². The second-order valence-electron chi connectivity index (χ2n) is 9.16. The molecule has 1 heterocycles. The summed E-state index contributed by atoms with van der Waals surface area (Å²) in [4.78, 5) is 52.0. The molecule has 3 atom stereocenters. The van der Waals surface area contributed by atoms with Gasteiger partial charge in [-0.3, -0.25) is 19.3 Å². The van der Waals surface area contributed by atoms with Crippen molar-refractivity contribution in [3.63, 3.8) is 0 Å². The highest BCUT2D eigenvalue weighted by Gasteiger charge is 2.50. The maximum atomic E-state index is 13.0. The molecule has 1 saturated carbocycles. The van der Waals surface area contributed by atoms with E-state index in [0.717, 1.165) is 22.0 Å². The zero-order chi connectivity index (χ0) is 24.6. The number of carbonyl (C=O) groups is 4. The molecule has 2 aromatic carbocycles. The predicted octanol–water partition coefficient (Wildman–Crippen LogP) is 4.79. The van der Waals surface area contributed by atoms with Gasteiger partial charge in [-0.15, -0.1) is 0 Å². The van der Waals surface area contributed by atoms with Crippen molar-refractivity contribution in [2.75, 3.05) is 16.8 Å². The predicted molar refractivity (Wildman–Crippen MR) is 131 cm³/mol. The van der Waals surface area contributed by atoms with Gasteiger partial charge in [-0.1, -0.05) is 28.9 Å². The number of anilines is 2. The average molecular weight is 527 g/mol. The average Bonchev–Trinajstić information content (AvgIpc) is 3.07. The highest BCUT2D eigenvalue weighted by atomic mass is 79.9. The van der Waals surface area contributed by atoms with Crippen LogP contribution in [0.15, 0.2) is 40.9 Å². The molecule has 3 amide bonds. The monoisotopic (exact) mass is 526 g/mol. The lowest BCUT2D eigenvalue weighted by Crippen LogP contribution is -2.31. The third-order valence-corrected chi connectivity index (χ3v) is 7.72. The quantitative estimate of drug-likeness (QED) is 0.446. The zero-order valence-corrected chi connectivity index (χ0v) is 21.0. The van der Waals surface area contributed by atoms with E-state index >= 15 is 0 Å². The lowest BCUT2D eigenvalue weighted by atomic mass is 9.76. The van der Waals surface area contributed by atoms with Gasteiger partial charge in [0.1, 0.15) is 0 Å². The van der Waals surface area contributed by atoms with Crippen LogP contribution in [0.2, 0.25) is 0 Å². The van der Waals surface area contributed by atoms with Crippen LogP contribution in [0.3, 0.4) is 0 Å². The van der Waals surface area contributed by atoms with E-state index in [0.29, 0.717) is 30.1 Å². The summed E-state index contributed by atoms with van der Waals surface area (Å²) in [6.45, 7) is 5.47. The molecule has 2 aliphatic rings. The molecule has 2 aromatic rings. The van der Waals surface area contributed by atoms with Gasteiger partial charge in [0, 0.05) is 10.2 Å². The van der Waals surface area contributed by atoms with E-state index in [1.165, 1.54) is 17.0 Å². The molecule has 178 valence electrons. The number of esters is 1. The van der Waals surface area contributed by atoms with E-state index in [1.807, 2.05) is 19.9 Å². The van der Waals surface area contributed by atoms with Crippen LogP contribution in [0, 0.1) is 31.6 Å². The molecule has 2 fully saturated rings. The van der Waals surface area contributed by atoms with Crippen molar-refractivity contribution >= 4 is 51.0 Å². The van der Waals surface area contributed by atoms with Gasteiger partial charge in [-0.25, -0.2) is 4.79 Å². The molecule has 1 aliphatic heterocycles. The highest BCUT2D eigenvalue weighted by molar-refractivity contribution is 9.10. The molecule has 0 aromatic heterocycles. The minimum Gasteiger partial charge on any atom is -0.452 e. The van der Waals surface area contributed by atoms with Crippen LogP contribution in [0.5, 0.6) is 0 Å². The number of amides is 3. The first kappa shape index (κ1) is 24.1. The topological polar surface area (TPSA) is 92.8 Å². The first-order valence-electron chi connectivity index (χ1n) is 11.4. The molecule has 1 aliphatic carbocycles. The Balaban J connectivity index is 1.41. The van der Waals surface area contributed by atoms with Crippen molar-refractivity contribution in [1.82, 2.24) is 0 Å². The zero-order valence-electron chi connectivity index (χ0n) is 19.4. The summed E-state index contributed by atoms with van der Waals surface area (Å²) in [7, 11) is 0. The molecular weight excluding hydrogens is 500 g/mol. The van der Waals surface area contributed by atoms with Gasteiger partial charge >= 0.3 is 5.97 Å². The van der Waals surface area contributed by atoms with Crippen molar-refractivity contribution in [2.24, 2.45) is 17.8 Å². The third kappa shape index (κ3) is 4.64. The van der Waals surface area contributed by atoms with Gasteiger partial charge in [0.05, 0.1) is 23.1 Å². The summed E-state index contributed by atoms with van der Waals surface area (Å²) >= 11 is 3.45. The minimum absolute atomic E-state index is 0.171. The molecule has 8 heteroatoms. The van der Waals surface area contributed by atoms with Crippen molar-refractivity contribution in [1.29, 1.82) is 0 Å². The number of imide groups is 1. The van der Waals surface area contributed by atoms with Crippen molar-refractivity contribution < 1.29 is 23.9 Å². The van der Waals surface area contributed by atoms with Crippen LogP contribution in [-0.2, 0) is 19.1 Å². The Morgan fingerprint density at radius 2 is 1.79 bits per heavy atom. The Morgan fingerprint density at radius 1 is 1.06 bits per heavy atom. The van der Waals surface area contributed by atoms with Gasteiger partial charge in [0.25, 0.3) is 5.91 Å². The maximum Gasteiger partial charge on any atom is 0.338 e. The lowest BCUT2D eigenvalue weighted by molar-refractivity contribution is -0.122. The Kier molecular flexibility index (Phi) is 6.89. The van der Waals surface area contributed by atoms with Crippen LogP contribution in [0.1, 0.15) is 47.7 Å². The second kappa shape index (κ2) is 9.70. The molecule has 0 unspecified atom stereocenters. The first-order valence-corrected chi connectivity index (χ1v) is 12.2. The molecular formula is C26H27BrN2O5. The van der Waals surface area contributed by atoms with Gasteiger partial charge in [-0.05, 0) is 80.5 Å². The summed E-state index contributed by atoms with van der Waals surface area (Å²) < 4.78 is 6.13. The van der Waals surface area contributed by atoms with Crippen LogP contribution in [0.25, 0.3) is 0 Å². The first-order chi connectivity index (χ1) is 16.2. The number of benzene rings is 2. The fourth-order valence-electron chi connectivity index (χ4n) is 4.74. The Morgan fingerprint density at radius 3 is 2.56 bits per heavy atom. The number of fused-ring (bicyclic) bond motifs is 1. The SMILES string of the molecule is Cc1c(Br)ccc(NC(=O)COC(=O)c2cccc(N3C(=O)[C@H]4C[C@H](C)CC[C@H]4C3=O)c2)c1C. The van der Waals surface area contributed by atoms with Gasteiger partial charge in [-0.2, -0.15) is 0 Å². The molecule has 0 bridgehead atoms. The summed E-state index contributed by atoms with van der Waals surface area (Å²) in [6.07, 6.45) is 2.35. The number of ether oxygens (including phenoxy) is 1. The van der Waals surface area contributed by atoms with Gasteiger partial charge in [0.15, 0.2) is 6.61 Å². The van der Waals surface area contributed by atoms with Crippen LogP contribution in [-0.4, -0.2) is 30.3 Å². The number of nitrogens with zero attached hydrogens (tertiary/aromatic N) is 1. The maximum absolute atomic E-state index is 13.0. The minimum atomic E-state index is -0.703. The number of hydrogen-bond acceptors (Lipinski definition) is 5. The molecule has 0 radical (unpaired) electrons. The smallest absolute Gasteiger partial charge is 0.338 e. The van der Waals surface area contributed by atoms with Crippen LogP contribution >= 0.6 is 15.9 Å². The summed E-state index contributed by atoms with van der Waals surface area (Å²) in [5.41, 5.74) is 3.09. The molecule has 1 saturated heterocycles. The molecule has 7 nitrogen and oxygen atoms in total. The van der Waals surface area contributed by atoms with E-state index in [4.69, 9.17) is 4.74 Å². The molecule has 4 rings (SSSR count). The van der Waals surface area contributed by atoms with Crippen molar-refractivity contribution in [2.45, 2.75) is 40.0 Å². The van der Waals surface area contributed by atoms with E-state index in [2.05, 4.69) is 28.2 Å². The van der Waals surface area contributed by atoms with E-state index in [-0.39, 0.29) is 29.2 Å². The van der Waals surface area contributed by atoms with E-state index < -0.39 is 18.5 Å². The number of halogens is 1. The summed E-state index contributed by atoms with van der Waals surface area (Å²) in [6, 6.07) is 9.86. The number of hydrogen-bond donors (Lipinski definition) is 1. The lowest BCUT2D eigenvalue weighted by Gasteiger charge is -2.25. The van der Waals surface area contributed by atoms with Gasteiger partial charge in [0.2, 0.25) is 11.8 Å². The molecule has 0 spiro atoms. The Hall–Kier alpha value is -3.00. The largest absolute Gasteiger partial charge is 0.452 e. The van der Waals surface area contributed by atoms with Crippen LogP contribution < -0.4 is 10.2 Å². The fourth-order valence-corrected chi connectivity index (χ4v) is 5.17. The fraction of sp³-hybridized carbons (Fsp3) is 0.385. The molecule has 34 heavy (non-hydrogen) atoms. The summed E-state index contributed by atoms with van der Waals surface area (Å²) in [5, 5.41) is 2.75. The van der Waals surface area contributed by atoms with Crippen LogP contribution in [0.4, 0.5) is 11.4 Å². The second-order valence-corrected chi connectivity index (χ2v) is 10.0. The van der Waals surface area contributed by atoms with E-state index in [1.54, 1.807) is 18.2 Å². The third-order valence-electron chi connectivity index (χ3n) is 6.86.